The minimum Gasteiger partial charge on any atom is -0.317 e. The zero-order chi connectivity index (χ0) is 30.1. The van der Waals surface area contributed by atoms with Crippen molar-refractivity contribution >= 4 is 58.4 Å². The fourth-order valence-electron chi connectivity index (χ4n) is 3.64. The van der Waals surface area contributed by atoms with E-state index in [2.05, 4.69) is 5.16 Å². The highest BCUT2D eigenvalue weighted by Gasteiger charge is 2.25. The van der Waals surface area contributed by atoms with Gasteiger partial charge in [-0.3, -0.25) is 9.59 Å². The molecular weight excluding hydrogens is 586 g/mol. The van der Waals surface area contributed by atoms with Gasteiger partial charge in [-0.15, -0.1) is 11.8 Å². The van der Waals surface area contributed by atoms with Gasteiger partial charge in [0.1, 0.15) is 5.71 Å². The van der Waals surface area contributed by atoms with Gasteiger partial charge in [0.25, 0.3) is 0 Å². The standard InChI is InChI=1S/C34H30ClNO4S2/c1-34(2,3)33(39)40-36-30(21-22-41-27-19-13-26(35)14-20-27)32(38)25-11-17-29(18-12-25)42-28-15-9-24(10-16-28)31(37)23-7-5-4-6-8-23/h4-20H,21-22H2,1-3H3. The second-order valence-electron chi connectivity index (χ2n) is 10.4. The largest absolute Gasteiger partial charge is 0.340 e. The Bertz CT molecular complexity index is 1560. The van der Waals surface area contributed by atoms with E-state index >= 15 is 0 Å². The van der Waals surface area contributed by atoms with E-state index < -0.39 is 11.4 Å². The molecule has 4 rings (SSSR count). The number of nitrogens with zero attached hydrogens (tertiary/aromatic N) is 1. The summed E-state index contributed by atoms with van der Waals surface area (Å²) in [6.45, 7) is 5.19. The lowest BCUT2D eigenvalue weighted by Gasteiger charge is -2.14. The summed E-state index contributed by atoms with van der Waals surface area (Å²) in [5.74, 6) is -0.266. The third kappa shape index (κ3) is 8.92. The van der Waals surface area contributed by atoms with Crippen LogP contribution in [-0.4, -0.2) is 29.0 Å². The van der Waals surface area contributed by atoms with Crippen molar-refractivity contribution in [2.24, 2.45) is 10.6 Å². The summed E-state index contributed by atoms with van der Waals surface area (Å²) in [6, 6.07) is 31.3. The Labute approximate surface area is 259 Å². The van der Waals surface area contributed by atoms with Crippen molar-refractivity contribution in [3.63, 3.8) is 0 Å². The summed E-state index contributed by atoms with van der Waals surface area (Å²) in [4.78, 5) is 46.5. The molecular formula is C34H30ClNO4S2. The number of rotatable bonds is 11. The first-order valence-corrected chi connectivity index (χ1v) is 15.5. The van der Waals surface area contributed by atoms with Gasteiger partial charge in [-0.05, 0) is 93.6 Å². The molecule has 0 saturated heterocycles. The van der Waals surface area contributed by atoms with Crippen LogP contribution in [0.1, 0.15) is 53.5 Å². The van der Waals surface area contributed by atoms with E-state index in [9.17, 15) is 14.4 Å². The zero-order valence-electron chi connectivity index (χ0n) is 23.5. The Morgan fingerprint density at radius 3 is 1.81 bits per heavy atom. The van der Waals surface area contributed by atoms with Crippen LogP contribution < -0.4 is 0 Å². The molecule has 0 heterocycles. The van der Waals surface area contributed by atoms with E-state index in [4.69, 9.17) is 16.4 Å². The molecule has 0 fully saturated rings. The first kappa shape index (κ1) is 31.3. The second kappa shape index (κ2) is 14.5. The molecule has 0 aliphatic rings. The SMILES string of the molecule is CC(C)(C)C(=O)ON=C(CCSc1ccc(Cl)cc1)C(=O)c1ccc(Sc2ccc(C(=O)c3ccccc3)cc2)cc1. The number of oxime groups is 1. The minimum absolute atomic E-state index is 0.0211. The van der Waals surface area contributed by atoms with Gasteiger partial charge in [0.2, 0.25) is 5.78 Å². The number of halogens is 1. The molecule has 8 heteroatoms. The van der Waals surface area contributed by atoms with Crippen LogP contribution in [0.4, 0.5) is 0 Å². The predicted octanol–water partition coefficient (Wildman–Crippen LogP) is 9.03. The van der Waals surface area contributed by atoms with Gasteiger partial charge in [-0.2, -0.15) is 0 Å². The maximum Gasteiger partial charge on any atom is 0.340 e. The number of thioether (sulfide) groups is 1. The van der Waals surface area contributed by atoms with Crippen LogP contribution in [0, 0.1) is 5.41 Å². The van der Waals surface area contributed by atoms with Crippen molar-refractivity contribution in [3.8, 4) is 0 Å². The number of ketones is 2. The minimum atomic E-state index is -0.748. The molecule has 42 heavy (non-hydrogen) atoms. The molecule has 214 valence electrons. The second-order valence-corrected chi connectivity index (χ2v) is 13.1. The molecule has 0 unspecified atom stereocenters. The van der Waals surface area contributed by atoms with Crippen molar-refractivity contribution in [3.05, 3.63) is 125 Å². The normalized spacial score (nSPS) is 11.7. The van der Waals surface area contributed by atoms with Crippen LogP contribution in [0.25, 0.3) is 0 Å². The molecule has 0 amide bonds. The van der Waals surface area contributed by atoms with E-state index in [1.807, 2.05) is 78.9 Å². The lowest BCUT2D eigenvalue weighted by atomic mass is 9.98. The number of Topliss-reactive ketones (excluding diaryl/α,β-unsaturated/α-hetero) is 1. The zero-order valence-corrected chi connectivity index (χ0v) is 25.9. The summed E-state index contributed by atoms with van der Waals surface area (Å²) in [5, 5.41) is 4.65. The van der Waals surface area contributed by atoms with Crippen LogP contribution in [0.3, 0.4) is 0 Å². The lowest BCUT2D eigenvalue weighted by molar-refractivity contribution is -0.152. The summed E-state index contributed by atoms with van der Waals surface area (Å²) in [5.41, 5.74) is 1.15. The third-order valence-corrected chi connectivity index (χ3v) is 8.32. The van der Waals surface area contributed by atoms with Gasteiger partial charge in [-0.25, -0.2) is 4.79 Å². The molecule has 0 radical (unpaired) electrons. The van der Waals surface area contributed by atoms with E-state index in [1.165, 1.54) is 11.8 Å². The predicted molar refractivity (Wildman–Crippen MR) is 171 cm³/mol. The van der Waals surface area contributed by atoms with E-state index in [-0.39, 0.29) is 17.3 Å². The Hall–Kier alpha value is -3.65. The fraction of sp³-hybridized carbons (Fsp3) is 0.176. The quantitative estimate of drug-likeness (QED) is 0.0551. The Kier molecular flexibility index (Phi) is 10.8. The number of carbonyl (C=O) groups is 3. The topological polar surface area (TPSA) is 72.8 Å². The molecule has 0 N–H and O–H groups in total. The molecule has 4 aromatic carbocycles. The van der Waals surface area contributed by atoms with Crippen molar-refractivity contribution in [2.75, 3.05) is 5.75 Å². The van der Waals surface area contributed by atoms with Crippen molar-refractivity contribution in [1.82, 2.24) is 0 Å². The smallest absolute Gasteiger partial charge is 0.317 e. The van der Waals surface area contributed by atoms with Gasteiger partial charge < -0.3 is 4.84 Å². The average Bonchev–Trinajstić information content (AvgIpc) is 2.99. The number of hydrogen-bond acceptors (Lipinski definition) is 7. The van der Waals surface area contributed by atoms with E-state index in [1.54, 1.807) is 56.8 Å². The molecule has 5 nitrogen and oxygen atoms in total. The van der Waals surface area contributed by atoms with Crippen LogP contribution in [0.15, 0.2) is 123 Å². The Morgan fingerprint density at radius 2 is 1.24 bits per heavy atom. The molecule has 0 aromatic heterocycles. The molecule has 0 aliphatic heterocycles. The van der Waals surface area contributed by atoms with Crippen molar-refractivity contribution < 1.29 is 19.2 Å². The third-order valence-electron chi connectivity index (χ3n) is 6.04. The van der Waals surface area contributed by atoms with E-state index in [0.717, 1.165) is 14.7 Å². The fourth-order valence-corrected chi connectivity index (χ4v) is 5.44. The van der Waals surface area contributed by atoms with Gasteiger partial charge in [0, 0.05) is 48.6 Å². The average molecular weight is 616 g/mol. The number of benzene rings is 4. The highest BCUT2D eigenvalue weighted by molar-refractivity contribution is 7.99. The van der Waals surface area contributed by atoms with Crippen LogP contribution >= 0.6 is 35.1 Å². The van der Waals surface area contributed by atoms with E-state index in [0.29, 0.717) is 33.9 Å². The summed E-state index contributed by atoms with van der Waals surface area (Å²) in [7, 11) is 0. The summed E-state index contributed by atoms with van der Waals surface area (Å²) in [6.07, 6.45) is 0.314. The highest BCUT2D eigenvalue weighted by Crippen LogP contribution is 2.29. The van der Waals surface area contributed by atoms with Crippen LogP contribution in [0.2, 0.25) is 5.02 Å². The lowest BCUT2D eigenvalue weighted by Crippen LogP contribution is -2.23. The summed E-state index contributed by atoms with van der Waals surface area (Å²) < 4.78 is 0. The maximum atomic E-state index is 13.4. The highest BCUT2D eigenvalue weighted by atomic mass is 35.5. The number of carbonyl (C=O) groups excluding carboxylic acids is 3. The van der Waals surface area contributed by atoms with Crippen LogP contribution in [0.5, 0.6) is 0 Å². The molecule has 0 saturated carbocycles. The first-order chi connectivity index (χ1) is 20.1. The molecule has 0 bridgehead atoms. The first-order valence-electron chi connectivity index (χ1n) is 13.3. The van der Waals surface area contributed by atoms with Crippen molar-refractivity contribution in [1.29, 1.82) is 0 Å². The molecule has 0 atom stereocenters. The Balaban J connectivity index is 1.42. The molecule has 0 spiro atoms. The van der Waals surface area contributed by atoms with Gasteiger partial charge in [0.05, 0.1) is 5.41 Å². The monoisotopic (exact) mass is 615 g/mol. The maximum absolute atomic E-state index is 13.4. The van der Waals surface area contributed by atoms with Crippen LogP contribution in [-0.2, 0) is 9.63 Å². The van der Waals surface area contributed by atoms with Gasteiger partial charge in [-0.1, -0.05) is 58.9 Å². The van der Waals surface area contributed by atoms with Gasteiger partial charge in [0.15, 0.2) is 5.78 Å². The molecule has 0 aliphatic carbocycles. The van der Waals surface area contributed by atoms with Crippen molar-refractivity contribution in [2.45, 2.75) is 41.9 Å². The Morgan fingerprint density at radius 1 is 0.714 bits per heavy atom. The molecule has 4 aromatic rings. The number of hydrogen-bond donors (Lipinski definition) is 0. The van der Waals surface area contributed by atoms with Gasteiger partial charge >= 0.3 is 5.97 Å². The summed E-state index contributed by atoms with van der Waals surface area (Å²) >= 11 is 9.06.